The summed E-state index contributed by atoms with van der Waals surface area (Å²) >= 11 is 3.15. The van der Waals surface area contributed by atoms with Crippen molar-refractivity contribution < 1.29 is 10.2 Å². The molecule has 0 fully saturated rings. The fourth-order valence-electron chi connectivity index (χ4n) is 0.273. The molecule has 0 aliphatic carbocycles. The Balaban J connectivity index is 4.40. The van der Waals surface area contributed by atoms with Crippen LogP contribution < -0.4 is 0 Å². The van der Waals surface area contributed by atoms with Gasteiger partial charge in [-0.05, 0) is 18.3 Å². The highest BCUT2D eigenvalue weighted by atomic mass is 79.9. The van der Waals surface area contributed by atoms with Crippen LogP contribution in [0.3, 0.4) is 0 Å². The predicted octanol–water partition coefficient (Wildman–Crippen LogP) is 2.63. The maximum atomic E-state index is 8.82. The van der Waals surface area contributed by atoms with Gasteiger partial charge in [-0.3, -0.25) is 0 Å². The van der Waals surface area contributed by atoms with Crippen molar-refractivity contribution in [2.45, 2.75) is 13.8 Å². The third kappa shape index (κ3) is 2.56. The summed E-state index contributed by atoms with van der Waals surface area (Å²) in [5, 5.41) is 17.1. The first-order valence-electron chi connectivity index (χ1n) is 2.46. The smallest absolute Gasteiger partial charge is 0.153 e. The van der Waals surface area contributed by atoms with Crippen molar-refractivity contribution in [2.75, 3.05) is 0 Å². The lowest BCUT2D eigenvalue weighted by atomic mass is 10.2. The molecule has 3 heteroatoms. The van der Waals surface area contributed by atoms with Gasteiger partial charge in [0.15, 0.2) is 5.76 Å². The van der Waals surface area contributed by atoms with E-state index in [9.17, 15) is 0 Å². The molecule has 0 aliphatic heterocycles. The fraction of sp³-hybridized carbons (Fsp3) is 0.333. The summed E-state index contributed by atoms with van der Waals surface area (Å²) in [4.78, 5) is 0. The molecular weight excluding hydrogens is 184 g/mol. The van der Waals surface area contributed by atoms with Crippen molar-refractivity contribution in [3.05, 3.63) is 22.1 Å². The van der Waals surface area contributed by atoms with Crippen LogP contribution in [0.15, 0.2) is 22.1 Å². The highest BCUT2D eigenvalue weighted by Crippen LogP contribution is 2.15. The third-order valence-electron chi connectivity index (χ3n) is 1.02. The molecule has 52 valence electrons. The van der Waals surface area contributed by atoms with Crippen molar-refractivity contribution >= 4 is 15.9 Å². The van der Waals surface area contributed by atoms with Crippen molar-refractivity contribution in [1.29, 1.82) is 0 Å². The summed E-state index contributed by atoms with van der Waals surface area (Å²) in [7, 11) is 0. The number of allylic oxidation sites excluding steroid dienone is 2. The first-order chi connectivity index (χ1) is 4.09. The van der Waals surface area contributed by atoms with Crippen molar-refractivity contribution in [3.8, 4) is 0 Å². The Hall–Kier alpha value is -0.440. The summed E-state index contributed by atoms with van der Waals surface area (Å²) < 4.78 is 0.810. The molecule has 0 radical (unpaired) electrons. The largest absolute Gasteiger partial charge is 0.512 e. The van der Waals surface area contributed by atoms with Crippen LogP contribution in [0.4, 0.5) is 0 Å². The van der Waals surface area contributed by atoms with Gasteiger partial charge in [0.1, 0.15) is 6.26 Å². The molecule has 0 saturated heterocycles. The molecule has 2 nitrogen and oxygen atoms in total. The van der Waals surface area contributed by atoms with Crippen LogP contribution in [0, 0.1) is 0 Å². The van der Waals surface area contributed by atoms with Crippen molar-refractivity contribution in [2.24, 2.45) is 0 Å². The Kier molecular flexibility index (Phi) is 3.39. The molecule has 0 unspecified atom stereocenters. The molecule has 0 aromatic rings. The highest BCUT2D eigenvalue weighted by molar-refractivity contribution is 9.11. The van der Waals surface area contributed by atoms with Gasteiger partial charge in [0.05, 0.1) is 0 Å². The average Bonchev–Trinajstić information content (AvgIpc) is 1.84. The molecule has 0 amide bonds. The van der Waals surface area contributed by atoms with Gasteiger partial charge in [0, 0.05) is 5.57 Å². The summed E-state index contributed by atoms with van der Waals surface area (Å²) in [6.45, 7) is 3.49. The van der Waals surface area contributed by atoms with E-state index in [1.54, 1.807) is 13.8 Å². The minimum absolute atomic E-state index is 0.107. The van der Waals surface area contributed by atoms with Gasteiger partial charge in [-0.2, -0.15) is 0 Å². The number of rotatable bonds is 1. The molecule has 0 spiro atoms. The predicted molar refractivity (Wildman–Crippen MR) is 40.6 cm³/mol. The Bertz CT molecular complexity index is 154. The second-order valence-electron chi connectivity index (χ2n) is 1.67. The Morgan fingerprint density at radius 3 is 2.00 bits per heavy atom. The molecule has 2 N–H and O–H groups in total. The van der Waals surface area contributed by atoms with Gasteiger partial charge in [-0.25, -0.2) is 0 Å². The number of hydrogen-bond donors (Lipinski definition) is 2. The number of halogens is 1. The highest BCUT2D eigenvalue weighted by Gasteiger charge is 1.97. The molecular formula is C6H9BrO2. The lowest BCUT2D eigenvalue weighted by molar-refractivity contribution is 0.370. The Labute approximate surface area is 62.6 Å². The third-order valence-corrected chi connectivity index (χ3v) is 1.62. The molecule has 0 aliphatic rings. The zero-order chi connectivity index (χ0) is 7.44. The Morgan fingerprint density at radius 2 is 1.89 bits per heavy atom. The van der Waals surface area contributed by atoms with Crippen LogP contribution in [0.5, 0.6) is 0 Å². The van der Waals surface area contributed by atoms with E-state index >= 15 is 0 Å². The molecule has 0 heterocycles. The topological polar surface area (TPSA) is 40.5 Å². The van der Waals surface area contributed by atoms with Crippen LogP contribution in [0.1, 0.15) is 13.8 Å². The molecule has 9 heavy (non-hydrogen) atoms. The van der Waals surface area contributed by atoms with Gasteiger partial charge in [0.2, 0.25) is 0 Å². The van der Waals surface area contributed by atoms with Crippen LogP contribution >= 0.6 is 15.9 Å². The summed E-state index contributed by atoms with van der Waals surface area (Å²) in [5.74, 6) is -0.107. The van der Waals surface area contributed by atoms with Gasteiger partial charge >= 0.3 is 0 Å². The SMILES string of the molecule is C/C(Br)=C(C)/C(O)=C/O. The van der Waals surface area contributed by atoms with E-state index < -0.39 is 0 Å². The molecule has 0 bridgehead atoms. The maximum absolute atomic E-state index is 8.82. The van der Waals surface area contributed by atoms with E-state index in [4.69, 9.17) is 10.2 Å². The lowest BCUT2D eigenvalue weighted by Crippen LogP contribution is -1.83. The van der Waals surface area contributed by atoms with Gasteiger partial charge in [-0.1, -0.05) is 15.9 Å². The van der Waals surface area contributed by atoms with E-state index in [0.29, 0.717) is 11.8 Å². The van der Waals surface area contributed by atoms with E-state index in [1.807, 2.05) is 0 Å². The molecule has 0 saturated carbocycles. The number of aliphatic hydroxyl groups is 2. The molecule has 0 atom stereocenters. The molecule has 0 rings (SSSR count). The zero-order valence-corrected chi connectivity index (χ0v) is 6.94. The van der Waals surface area contributed by atoms with Gasteiger partial charge in [-0.15, -0.1) is 0 Å². The fourth-order valence-corrected chi connectivity index (χ4v) is 0.476. The summed E-state index contributed by atoms with van der Waals surface area (Å²) in [6.07, 6.45) is 0.667. The number of aliphatic hydroxyl groups excluding tert-OH is 2. The number of hydrogen-bond acceptors (Lipinski definition) is 2. The van der Waals surface area contributed by atoms with Crippen LogP contribution in [0.2, 0.25) is 0 Å². The Morgan fingerprint density at radius 1 is 1.44 bits per heavy atom. The average molecular weight is 193 g/mol. The second-order valence-corrected chi connectivity index (χ2v) is 2.86. The first kappa shape index (κ1) is 8.56. The second kappa shape index (κ2) is 3.56. The van der Waals surface area contributed by atoms with Crippen molar-refractivity contribution in [3.63, 3.8) is 0 Å². The minimum atomic E-state index is -0.107. The van der Waals surface area contributed by atoms with Crippen molar-refractivity contribution in [1.82, 2.24) is 0 Å². The zero-order valence-electron chi connectivity index (χ0n) is 5.35. The lowest BCUT2D eigenvalue weighted by Gasteiger charge is -1.97. The maximum Gasteiger partial charge on any atom is 0.153 e. The quantitative estimate of drug-likeness (QED) is 0.496. The summed E-state index contributed by atoms with van der Waals surface area (Å²) in [6, 6.07) is 0. The van der Waals surface area contributed by atoms with Gasteiger partial charge in [0.25, 0.3) is 0 Å². The van der Waals surface area contributed by atoms with E-state index in [1.165, 1.54) is 0 Å². The monoisotopic (exact) mass is 192 g/mol. The molecule has 0 aromatic carbocycles. The molecule has 0 aromatic heterocycles. The minimum Gasteiger partial charge on any atom is -0.512 e. The van der Waals surface area contributed by atoms with Crippen LogP contribution in [-0.4, -0.2) is 10.2 Å². The van der Waals surface area contributed by atoms with Crippen LogP contribution in [-0.2, 0) is 0 Å². The first-order valence-corrected chi connectivity index (χ1v) is 3.25. The van der Waals surface area contributed by atoms with E-state index in [0.717, 1.165) is 4.48 Å². The normalized spacial score (nSPS) is 15.2. The van der Waals surface area contributed by atoms with E-state index in [2.05, 4.69) is 15.9 Å². The van der Waals surface area contributed by atoms with E-state index in [-0.39, 0.29) is 5.76 Å². The summed E-state index contributed by atoms with van der Waals surface area (Å²) in [5.41, 5.74) is 0.637. The van der Waals surface area contributed by atoms with Gasteiger partial charge < -0.3 is 10.2 Å². The van der Waals surface area contributed by atoms with Crippen LogP contribution in [0.25, 0.3) is 0 Å². The standard InChI is InChI=1S/C6H9BrO2/c1-4(5(2)7)6(9)3-8/h3,8-9H,1-2H3/b5-4-,6-3-.